The minimum atomic E-state index is -0.884. The molecule has 10 heteroatoms. The first-order valence-corrected chi connectivity index (χ1v) is 11.1. The monoisotopic (exact) mass is 452 g/mol. The third-order valence-electron chi connectivity index (χ3n) is 6.33. The van der Waals surface area contributed by atoms with Crippen LogP contribution in [-0.4, -0.2) is 50.5 Å². The van der Waals surface area contributed by atoms with Crippen LogP contribution in [0, 0.1) is 12.8 Å². The lowest BCUT2D eigenvalue weighted by Crippen LogP contribution is -2.54. The summed E-state index contributed by atoms with van der Waals surface area (Å²) in [5.74, 6) is -0.395. The van der Waals surface area contributed by atoms with E-state index in [1.165, 1.54) is 6.92 Å². The second-order valence-electron chi connectivity index (χ2n) is 8.80. The van der Waals surface area contributed by atoms with Gasteiger partial charge in [0.15, 0.2) is 0 Å². The van der Waals surface area contributed by atoms with Gasteiger partial charge >= 0.3 is 6.03 Å². The van der Waals surface area contributed by atoms with Crippen molar-refractivity contribution in [3.8, 4) is 5.69 Å². The Labute approximate surface area is 191 Å². The third-order valence-corrected chi connectivity index (χ3v) is 6.33. The predicted octanol–water partition coefficient (Wildman–Crippen LogP) is 2.58. The van der Waals surface area contributed by atoms with E-state index in [1.54, 1.807) is 35.0 Å². The van der Waals surface area contributed by atoms with Crippen molar-refractivity contribution in [2.24, 2.45) is 5.92 Å². The molecule has 2 aromatic rings. The lowest BCUT2D eigenvalue weighted by Gasteiger charge is -2.36. The number of amides is 5. The average Bonchev–Trinajstić information content (AvgIpc) is 3.23. The summed E-state index contributed by atoms with van der Waals surface area (Å²) in [6.45, 7) is 4.88. The van der Waals surface area contributed by atoms with Gasteiger partial charge in [-0.15, -0.1) is 0 Å². The van der Waals surface area contributed by atoms with Crippen molar-refractivity contribution in [3.05, 3.63) is 36.0 Å². The molecule has 33 heavy (non-hydrogen) atoms. The van der Waals surface area contributed by atoms with Crippen LogP contribution in [0.25, 0.3) is 5.69 Å². The second-order valence-corrected chi connectivity index (χ2v) is 8.80. The molecule has 1 spiro atoms. The Morgan fingerprint density at radius 2 is 1.91 bits per heavy atom. The molecule has 10 nitrogen and oxygen atoms in total. The van der Waals surface area contributed by atoms with Gasteiger partial charge in [0.25, 0.3) is 5.91 Å². The summed E-state index contributed by atoms with van der Waals surface area (Å²) in [4.78, 5) is 50.5. The van der Waals surface area contributed by atoms with E-state index in [0.717, 1.165) is 29.9 Å². The fraction of sp³-hybridized carbons (Fsp3) is 0.435. The fourth-order valence-corrected chi connectivity index (χ4v) is 4.63. The highest BCUT2D eigenvalue weighted by Crippen LogP contribution is 2.38. The summed E-state index contributed by atoms with van der Waals surface area (Å²) in [5.41, 5.74) is 1.08. The number of benzene rings is 1. The van der Waals surface area contributed by atoms with Crippen molar-refractivity contribution in [3.63, 3.8) is 0 Å². The van der Waals surface area contributed by atoms with Crippen LogP contribution < -0.4 is 16.0 Å². The molecule has 1 aliphatic carbocycles. The standard InChI is InChI=1S/C23H28N6O4/c1-14-6-4-5-11-23(14)21(32)28(22(33)26-23)13-20(31)25-17-7-9-18(10-8-17)29-19(24-16(3)30)12-15(2)27-29/h7-10,12,14H,4-6,11,13H2,1-3H3,(H,24,30)(H,25,31)(H,26,33)/t14-,23+/m0/s1. The van der Waals surface area contributed by atoms with Gasteiger partial charge < -0.3 is 16.0 Å². The number of anilines is 2. The minimum Gasteiger partial charge on any atom is -0.325 e. The Bertz CT molecular complexity index is 1110. The fourth-order valence-electron chi connectivity index (χ4n) is 4.63. The normalized spacial score (nSPS) is 22.4. The van der Waals surface area contributed by atoms with Crippen LogP contribution in [0.3, 0.4) is 0 Å². The summed E-state index contributed by atoms with van der Waals surface area (Å²) in [6, 6.07) is 8.13. The van der Waals surface area contributed by atoms with Gasteiger partial charge in [-0.2, -0.15) is 5.10 Å². The summed E-state index contributed by atoms with van der Waals surface area (Å²) in [5, 5.41) is 12.7. The molecule has 2 heterocycles. The van der Waals surface area contributed by atoms with Gasteiger partial charge in [0.1, 0.15) is 17.9 Å². The summed E-state index contributed by atoms with van der Waals surface area (Å²) in [7, 11) is 0. The number of rotatable bonds is 5. The maximum Gasteiger partial charge on any atom is 0.325 e. The predicted molar refractivity (Wildman–Crippen MR) is 122 cm³/mol. The first-order chi connectivity index (χ1) is 15.7. The van der Waals surface area contributed by atoms with Crippen LogP contribution in [0.2, 0.25) is 0 Å². The van der Waals surface area contributed by atoms with Crippen molar-refractivity contribution in [1.29, 1.82) is 0 Å². The molecule has 0 unspecified atom stereocenters. The Morgan fingerprint density at radius 1 is 1.18 bits per heavy atom. The van der Waals surface area contributed by atoms with Crippen LogP contribution >= 0.6 is 0 Å². The zero-order valence-corrected chi connectivity index (χ0v) is 19.0. The van der Waals surface area contributed by atoms with Gasteiger partial charge in [-0.1, -0.05) is 19.8 Å². The van der Waals surface area contributed by atoms with Gasteiger partial charge in [0.2, 0.25) is 11.8 Å². The van der Waals surface area contributed by atoms with E-state index in [4.69, 9.17) is 0 Å². The lowest BCUT2D eigenvalue weighted by molar-refractivity contribution is -0.136. The van der Waals surface area contributed by atoms with Crippen LogP contribution in [0.15, 0.2) is 30.3 Å². The van der Waals surface area contributed by atoms with Gasteiger partial charge in [-0.05, 0) is 49.9 Å². The quantitative estimate of drug-likeness (QED) is 0.601. The van der Waals surface area contributed by atoms with E-state index in [0.29, 0.717) is 23.6 Å². The zero-order valence-electron chi connectivity index (χ0n) is 19.0. The van der Waals surface area contributed by atoms with E-state index < -0.39 is 17.5 Å². The van der Waals surface area contributed by atoms with Crippen LogP contribution in [0.4, 0.5) is 16.3 Å². The highest BCUT2D eigenvalue weighted by Gasteiger charge is 2.55. The van der Waals surface area contributed by atoms with Crippen LogP contribution in [0.5, 0.6) is 0 Å². The highest BCUT2D eigenvalue weighted by molar-refractivity contribution is 6.10. The Kier molecular flexibility index (Phi) is 5.92. The number of nitrogens with one attached hydrogen (secondary N) is 3. The molecule has 1 aromatic carbocycles. The maximum atomic E-state index is 13.0. The summed E-state index contributed by atoms with van der Waals surface area (Å²) >= 11 is 0. The number of aryl methyl sites for hydroxylation is 1. The molecule has 1 saturated carbocycles. The number of carbonyl (C=O) groups excluding carboxylic acids is 4. The number of carbonyl (C=O) groups is 4. The number of nitrogens with zero attached hydrogens (tertiary/aromatic N) is 3. The van der Waals surface area contributed by atoms with Crippen LogP contribution in [0.1, 0.15) is 45.2 Å². The van der Waals surface area contributed by atoms with Crippen molar-refractivity contribution < 1.29 is 19.2 Å². The largest absolute Gasteiger partial charge is 0.325 e. The lowest BCUT2D eigenvalue weighted by atomic mass is 9.73. The van der Waals surface area contributed by atoms with Crippen molar-refractivity contribution in [2.45, 2.75) is 52.0 Å². The molecule has 5 amide bonds. The Hall–Kier alpha value is -3.69. The number of aromatic nitrogens is 2. The highest BCUT2D eigenvalue weighted by atomic mass is 16.2. The summed E-state index contributed by atoms with van der Waals surface area (Å²) in [6.07, 6.45) is 3.39. The van der Waals surface area contributed by atoms with Crippen molar-refractivity contribution in [2.75, 3.05) is 17.2 Å². The second kappa shape index (κ2) is 8.68. The number of hydrogen-bond acceptors (Lipinski definition) is 5. The summed E-state index contributed by atoms with van der Waals surface area (Å²) < 4.78 is 1.60. The molecule has 1 saturated heterocycles. The van der Waals surface area contributed by atoms with E-state index >= 15 is 0 Å². The molecule has 3 N–H and O–H groups in total. The topological polar surface area (TPSA) is 125 Å². The molecule has 1 aliphatic heterocycles. The number of urea groups is 1. The molecule has 2 aliphatic rings. The zero-order chi connectivity index (χ0) is 23.8. The molecule has 2 atom stereocenters. The molecule has 174 valence electrons. The third kappa shape index (κ3) is 4.33. The van der Waals surface area contributed by atoms with Gasteiger partial charge in [-0.25, -0.2) is 9.48 Å². The molecular formula is C23H28N6O4. The Morgan fingerprint density at radius 3 is 2.58 bits per heavy atom. The average molecular weight is 453 g/mol. The van der Waals surface area contributed by atoms with E-state index in [2.05, 4.69) is 21.0 Å². The molecule has 0 radical (unpaired) electrons. The first-order valence-electron chi connectivity index (χ1n) is 11.1. The van der Waals surface area contributed by atoms with E-state index in [1.807, 2.05) is 13.8 Å². The minimum absolute atomic E-state index is 0.0385. The Balaban J connectivity index is 1.42. The maximum absolute atomic E-state index is 13.0. The van der Waals surface area contributed by atoms with Gasteiger partial charge in [-0.3, -0.25) is 19.3 Å². The SMILES string of the molecule is CC(=O)Nc1cc(C)nn1-c1ccc(NC(=O)CN2C(=O)N[C@@]3(CCCC[C@@H]3C)C2=O)cc1. The smallest absolute Gasteiger partial charge is 0.325 e. The number of hydrogen-bond donors (Lipinski definition) is 3. The van der Waals surface area contributed by atoms with Crippen molar-refractivity contribution >= 4 is 35.3 Å². The number of imide groups is 1. The molecule has 4 rings (SSSR count). The van der Waals surface area contributed by atoms with E-state index in [-0.39, 0.29) is 24.3 Å². The van der Waals surface area contributed by atoms with Crippen molar-refractivity contribution in [1.82, 2.24) is 20.0 Å². The van der Waals surface area contributed by atoms with E-state index in [9.17, 15) is 19.2 Å². The molecule has 1 aromatic heterocycles. The first kappa shape index (κ1) is 22.5. The molecule has 0 bridgehead atoms. The van der Waals surface area contributed by atoms with Gasteiger partial charge in [0, 0.05) is 18.7 Å². The molecular weight excluding hydrogens is 424 g/mol. The van der Waals surface area contributed by atoms with Gasteiger partial charge in [0.05, 0.1) is 11.4 Å². The van der Waals surface area contributed by atoms with Crippen LogP contribution in [-0.2, 0) is 14.4 Å². The molecule has 2 fully saturated rings.